The fourth-order valence-electron chi connectivity index (χ4n) is 1.42. The molecule has 3 heteroatoms. The van der Waals surface area contributed by atoms with Gasteiger partial charge in [-0.3, -0.25) is 0 Å². The van der Waals surface area contributed by atoms with E-state index in [9.17, 15) is 0 Å². The van der Waals surface area contributed by atoms with Crippen molar-refractivity contribution in [1.82, 2.24) is 0 Å². The molecule has 0 spiro atoms. The summed E-state index contributed by atoms with van der Waals surface area (Å²) in [5.41, 5.74) is 1.01. The van der Waals surface area contributed by atoms with E-state index in [1.807, 2.05) is 36.4 Å². The lowest BCUT2D eigenvalue weighted by Gasteiger charge is -2.06. The third kappa shape index (κ3) is 2.64. The second-order valence-electron chi connectivity index (χ2n) is 3.35. The summed E-state index contributed by atoms with van der Waals surface area (Å²) in [6.45, 7) is 1.14. The second-order valence-corrected chi connectivity index (χ2v) is 3.35. The smallest absolute Gasteiger partial charge is 0.133 e. The number of ether oxygens (including phenoxy) is 2. The van der Waals surface area contributed by atoms with Crippen LogP contribution in [0, 0.1) is 0 Å². The van der Waals surface area contributed by atoms with Crippen LogP contribution in [0.1, 0.15) is 0 Å². The molecule has 0 unspecified atom stereocenters. The van der Waals surface area contributed by atoms with Crippen LogP contribution < -0.4 is 4.74 Å². The highest BCUT2D eigenvalue weighted by atomic mass is 16.5. The number of hydrogen-bond acceptors (Lipinski definition) is 3. The molecule has 0 aliphatic carbocycles. The van der Waals surface area contributed by atoms with Gasteiger partial charge in [-0.2, -0.15) is 0 Å². The Hall–Kier alpha value is -1.74. The van der Waals surface area contributed by atoms with Crippen molar-refractivity contribution < 1.29 is 13.9 Å². The maximum atomic E-state index is 5.52. The van der Waals surface area contributed by atoms with Gasteiger partial charge in [0.25, 0.3) is 0 Å². The van der Waals surface area contributed by atoms with Crippen LogP contribution in [0.25, 0.3) is 11.3 Å². The number of furan rings is 1. The quantitative estimate of drug-likeness (QED) is 0.723. The van der Waals surface area contributed by atoms with Crippen LogP contribution >= 0.6 is 0 Å². The Morgan fingerprint density at radius 1 is 1.12 bits per heavy atom. The summed E-state index contributed by atoms with van der Waals surface area (Å²) in [5.74, 6) is 1.67. The van der Waals surface area contributed by atoms with E-state index in [-0.39, 0.29) is 0 Å². The van der Waals surface area contributed by atoms with E-state index < -0.39 is 0 Å². The van der Waals surface area contributed by atoms with Crippen LogP contribution in [0.2, 0.25) is 0 Å². The van der Waals surface area contributed by atoms with Gasteiger partial charge in [-0.15, -0.1) is 0 Å². The van der Waals surface area contributed by atoms with Crippen molar-refractivity contribution in [3.8, 4) is 17.1 Å². The molecular formula is C13H14O3. The van der Waals surface area contributed by atoms with Gasteiger partial charge in [-0.05, 0) is 24.3 Å². The summed E-state index contributed by atoms with van der Waals surface area (Å²) in [6.07, 6.45) is 1.66. The van der Waals surface area contributed by atoms with Crippen LogP contribution in [-0.2, 0) is 4.74 Å². The van der Waals surface area contributed by atoms with E-state index in [4.69, 9.17) is 13.9 Å². The zero-order chi connectivity index (χ0) is 11.2. The van der Waals surface area contributed by atoms with Crippen molar-refractivity contribution in [3.63, 3.8) is 0 Å². The van der Waals surface area contributed by atoms with Crippen LogP contribution in [0.5, 0.6) is 5.75 Å². The first-order valence-electron chi connectivity index (χ1n) is 5.16. The van der Waals surface area contributed by atoms with Crippen molar-refractivity contribution in [2.75, 3.05) is 20.3 Å². The average Bonchev–Trinajstić information content (AvgIpc) is 2.83. The van der Waals surface area contributed by atoms with Gasteiger partial charge in [0.15, 0.2) is 0 Å². The van der Waals surface area contributed by atoms with E-state index in [0.717, 1.165) is 17.1 Å². The SMILES string of the molecule is COCCOc1cccc(-c2ccco2)c1. The van der Waals surface area contributed by atoms with Crippen molar-refractivity contribution in [2.45, 2.75) is 0 Å². The van der Waals surface area contributed by atoms with Gasteiger partial charge in [-0.25, -0.2) is 0 Å². The van der Waals surface area contributed by atoms with Crippen molar-refractivity contribution >= 4 is 0 Å². The van der Waals surface area contributed by atoms with Gasteiger partial charge < -0.3 is 13.9 Å². The number of methoxy groups -OCH3 is 1. The lowest BCUT2D eigenvalue weighted by molar-refractivity contribution is 0.146. The molecule has 0 radical (unpaired) electrons. The highest BCUT2D eigenvalue weighted by Crippen LogP contribution is 2.23. The fourth-order valence-corrected chi connectivity index (χ4v) is 1.42. The molecule has 0 bridgehead atoms. The molecular weight excluding hydrogens is 204 g/mol. The lowest BCUT2D eigenvalue weighted by atomic mass is 10.2. The Balaban J connectivity index is 2.08. The molecule has 1 heterocycles. The third-order valence-electron chi connectivity index (χ3n) is 2.20. The maximum Gasteiger partial charge on any atom is 0.133 e. The first-order chi connectivity index (χ1) is 7.90. The first-order valence-corrected chi connectivity index (χ1v) is 5.16. The molecule has 0 saturated heterocycles. The average molecular weight is 218 g/mol. The molecule has 0 atom stereocenters. The second kappa shape index (κ2) is 5.37. The molecule has 84 valence electrons. The predicted octanol–water partition coefficient (Wildman–Crippen LogP) is 2.97. The Labute approximate surface area is 94.6 Å². The molecule has 3 nitrogen and oxygen atoms in total. The van der Waals surface area contributed by atoms with Gasteiger partial charge in [0.05, 0.1) is 12.9 Å². The molecule has 1 aromatic heterocycles. The van der Waals surface area contributed by atoms with Gasteiger partial charge in [0, 0.05) is 12.7 Å². The minimum atomic E-state index is 0.554. The molecule has 0 aliphatic heterocycles. The summed E-state index contributed by atoms with van der Waals surface area (Å²) in [4.78, 5) is 0. The number of hydrogen-bond donors (Lipinski definition) is 0. The number of benzene rings is 1. The monoisotopic (exact) mass is 218 g/mol. The van der Waals surface area contributed by atoms with Gasteiger partial charge in [0.2, 0.25) is 0 Å². The highest BCUT2D eigenvalue weighted by Gasteiger charge is 2.01. The topological polar surface area (TPSA) is 31.6 Å². The molecule has 0 N–H and O–H groups in total. The van der Waals surface area contributed by atoms with Crippen LogP contribution in [0.15, 0.2) is 47.1 Å². The largest absolute Gasteiger partial charge is 0.491 e. The molecule has 0 aliphatic rings. The Kier molecular flexibility index (Phi) is 3.62. The molecule has 2 aromatic rings. The van der Waals surface area contributed by atoms with Gasteiger partial charge in [0.1, 0.15) is 18.1 Å². The fraction of sp³-hybridized carbons (Fsp3) is 0.231. The minimum absolute atomic E-state index is 0.554. The lowest BCUT2D eigenvalue weighted by Crippen LogP contribution is -2.03. The first kappa shape index (κ1) is 10.8. The zero-order valence-corrected chi connectivity index (χ0v) is 9.18. The van der Waals surface area contributed by atoms with Crippen molar-refractivity contribution in [2.24, 2.45) is 0 Å². The highest BCUT2D eigenvalue weighted by molar-refractivity contribution is 5.59. The Bertz CT molecular complexity index is 421. The van der Waals surface area contributed by atoms with Crippen molar-refractivity contribution in [3.05, 3.63) is 42.7 Å². The molecule has 0 saturated carbocycles. The van der Waals surface area contributed by atoms with E-state index in [1.165, 1.54) is 0 Å². The van der Waals surface area contributed by atoms with E-state index in [1.54, 1.807) is 13.4 Å². The molecule has 16 heavy (non-hydrogen) atoms. The molecule has 0 amide bonds. The molecule has 2 rings (SSSR count). The number of rotatable bonds is 5. The molecule has 0 fully saturated rings. The van der Waals surface area contributed by atoms with Crippen molar-refractivity contribution in [1.29, 1.82) is 0 Å². The zero-order valence-electron chi connectivity index (χ0n) is 9.18. The summed E-state index contributed by atoms with van der Waals surface area (Å²) >= 11 is 0. The predicted molar refractivity (Wildman–Crippen MR) is 61.5 cm³/mol. The summed E-state index contributed by atoms with van der Waals surface area (Å²) in [6, 6.07) is 11.6. The molecule has 1 aromatic carbocycles. The third-order valence-corrected chi connectivity index (χ3v) is 2.20. The van der Waals surface area contributed by atoms with E-state index >= 15 is 0 Å². The summed E-state index contributed by atoms with van der Waals surface area (Å²) in [5, 5.41) is 0. The van der Waals surface area contributed by atoms with Crippen LogP contribution in [0.3, 0.4) is 0 Å². The summed E-state index contributed by atoms with van der Waals surface area (Å²) < 4.78 is 15.8. The van der Waals surface area contributed by atoms with E-state index in [2.05, 4.69) is 0 Å². The van der Waals surface area contributed by atoms with Gasteiger partial charge >= 0.3 is 0 Å². The van der Waals surface area contributed by atoms with E-state index in [0.29, 0.717) is 13.2 Å². The van der Waals surface area contributed by atoms with Gasteiger partial charge in [-0.1, -0.05) is 12.1 Å². The van der Waals surface area contributed by atoms with Crippen LogP contribution in [0.4, 0.5) is 0 Å². The Morgan fingerprint density at radius 3 is 2.81 bits per heavy atom. The standard InChI is InChI=1S/C13H14O3/c1-14-8-9-15-12-5-2-4-11(10-12)13-6-3-7-16-13/h2-7,10H,8-9H2,1H3. The Morgan fingerprint density at radius 2 is 2.06 bits per heavy atom. The van der Waals surface area contributed by atoms with Crippen LogP contribution in [-0.4, -0.2) is 20.3 Å². The minimum Gasteiger partial charge on any atom is -0.491 e. The maximum absolute atomic E-state index is 5.52. The summed E-state index contributed by atoms with van der Waals surface area (Å²) in [7, 11) is 1.66. The normalized spacial score (nSPS) is 10.3.